The first-order valence-corrected chi connectivity index (χ1v) is 6.71. The Morgan fingerprint density at radius 1 is 1.12 bits per heavy atom. The number of fused-ring (bicyclic) bond motifs is 1. The monoisotopic (exact) mass is 226 g/mol. The summed E-state index contributed by atoms with van der Waals surface area (Å²) in [7, 11) is 0. The Labute approximate surface area is 99.7 Å². The lowest BCUT2D eigenvalue weighted by atomic mass is 9.68. The van der Waals surface area contributed by atoms with E-state index in [4.69, 9.17) is 9.47 Å². The highest BCUT2D eigenvalue weighted by atomic mass is 16.6. The van der Waals surface area contributed by atoms with Crippen LogP contribution in [0, 0.1) is 23.2 Å². The number of hydrogen-bond acceptors (Lipinski definition) is 2. The van der Waals surface area contributed by atoms with Crippen molar-refractivity contribution < 1.29 is 9.47 Å². The van der Waals surface area contributed by atoms with Crippen LogP contribution >= 0.6 is 0 Å². The zero-order chi connectivity index (χ0) is 11.9. The third-order valence-corrected chi connectivity index (χ3v) is 5.12. The van der Waals surface area contributed by atoms with Gasteiger partial charge in [0, 0.05) is 11.8 Å². The number of ether oxygens (including phenoxy) is 2. The minimum Gasteiger partial charge on any atom is -0.375 e. The van der Waals surface area contributed by atoms with Crippen molar-refractivity contribution in [3.05, 3.63) is 0 Å². The first-order valence-electron chi connectivity index (χ1n) is 6.71. The SMILES string of the molecule is CCC1COC2C1OCC2C(C)(C)C(C)C. The molecule has 4 unspecified atom stereocenters. The van der Waals surface area contributed by atoms with E-state index in [-0.39, 0.29) is 0 Å². The molecular formula is C14H26O2. The summed E-state index contributed by atoms with van der Waals surface area (Å²) in [5.74, 6) is 1.86. The Morgan fingerprint density at radius 3 is 2.31 bits per heavy atom. The molecule has 0 amide bonds. The van der Waals surface area contributed by atoms with Crippen molar-refractivity contribution in [3.8, 4) is 0 Å². The number of rotatable bonds is 3. The summed E-state index contributed by atoms with van der Waals surface area (Å²) >= 11 is 0. The summed E-state index contributed by atoms with van der Waals surface area (Å²) in [6.45, 7) is 13.3. The van der Waals surface area contributed by atoms with Gasteiger partial charge in [0.05, 0.1) is 25.4 Å². The molecule has 2 nitrogen and oxygen atoms in total. The van der Waals surface area contributed by atoms with Gasteiger partial charge in [-0.3, -0.25) is 0 Å². The van der Waals surface area contributed by atoms with Gasteiger partial charge in [-0.05, 0) is 17.8 Å². The first kappa shape index (κ1) is 12.4. The number of hydrogen-bond donors (Lipinski definition) is 0. The van der Waals surface area contributed by atoms with E-state index in [1.807, 2.05) is 0 Å². The van der Waals surface area contributed by atoms with E-state index < -0.39 is 0 Å². The van der Waals surface area contributed by atoms with Crippen LogP contribution in [0.2, 0.25) is 0 Å². The molecule has 2 heterocycles. The summed E-state index contributed by atoms with van der Waals surface area (Å²) in [5, 5.41) is 0. The van der Waals surface area contributed by atoms with Crippen molar-refractivity contribution in [2.45, 2.75) is 53.2 Å². The maximum atomic E-state index is 6.00. The van der Waals surface area contributed by atoms with Crippen LogP contribution in [0.4, 0.5) is 0 Å². The van der Waals surface area contributed by atoms with Crippen molar-refractivity contribution in [2.75, 3.05) is 13.2 Å². The molecule has 2 fully saturated rings. The highest BCUT2D eigenvalue weighted by molar-refractivity contribution is 4.99. The predicted molar refractivity (Wildman–Crippen MR) is 65.4 cm³/mol. The molecule has 0 bridgehead atoms. The maximum absolute atomic E-state index is 6.00. The minimum absolute atomic E-state index is 0.308. The second kappa shape index (κ2) is 4.30. The largest absolute Gasteiger partial charge is 0.375 e. The highest BCUT2D eigenvalue weighted by Gasteiger charge is 2.52. The van der Waals surface area contributed by atoms with Gasteiger partial charge in [-0.2, -0.15) is 0 Å². The van der Waals surface area contributed by atoms with E-state index in [1.165, 1.54) is 6.42 Å². The van der Waals surface area contributed by atoms with Gasteiger partial charge < -0.3 is 9.47 Å². The van der Waals surface area contributed by atoms with Crippen LogP contribution in [0.25, 0.3) is 0 Å². The Bertz CT molecular complexity index is 247. The predicted octanol–water partition coefficient (Wildman–Crippen LogP) is 3.11. The standard InChI is InChI=1S/C14H26O2/c1-6-10-7-15-13-11(8-16-12(10)13)14(4,5)9(2)3/h9-13H,6-8H2,1-5H3. The zero-order valence-electron chi connectivity index (χ0n) is 11.3. The molecule has 2 aliphatic heterocycles. The van der Waals surface area contributed by atoms with Crippen molar-refractivity contribution >= 4 is 0 Å². The van der Waals surface area contributed by atoms with Gasteiger partial charge in [0.2, 0.25) is 0 Å². The van der Waals surface area contributed by atoms with Crippen LogP contribution in [0.3, 0.4) is 0 Å². The van der Waals surface area contributed by atoms with Crippen LogP contribution in [0.15, 0.2) is 0 Å². The zero-order valence-corrected chi connectivity index (χ0v) is 11.3. The average Bonchev–Trinajstić information content (AvgIpc) is 2.76. The fourth-order valence-electron chi connectivity index (χ4n) is 2.99. The summed E-state index contributed by atoms with van der Waals surface area (Å²) in [4.78, 5) is 0. The molecule has 0 aromatic rings. The van der Waals surface area contributed by atoms with E-state index in [0.717, 1.165) is 13.2 Å². The van der Waals surface area contributed by atoms with Gasteiger partial charge in [0.25, 0.3) is 0 Å². The minimum atomic E-state index is 0.308. The van der Waals surface area contributed by atoms with Crippen molar-refractivity contribution in [2.24, 2.45) is 23.2 Å². The normalized spacial score (nSPS) is 39.4. The quantitative estimate of drug-likeness (QED) is 0.736. The van der Waals surface area contributed by atoms with Crippen LogP contribution in [0.5, 0.6) is 0 Å². The van der Waals surface area contributed by atoms with E-state index in [1.54, 1.807) is 0 Å². The van der Waals surface area contributed by atoms with Crippen molar-refractivity contribution in [1.29, 1.82) is 0 Å². The lowest BCUT2D eigenvalue weighted by molar-refractivity contribution is 0.00765. The van der Waals surface area contributed by atoms with Gasteiger partial charge >= 0.3 is 0 Å². The Kier molecular flexibility index (Phi) is 3.33. The van der Waals surface area contributed by atoms with Gasteiger partial charge in [-0.15, -0.1) is 0 Å². The van der Waals surface area contributed by atoms with E-state index >= 15 is 0 Å². The molecule has 0 radical (unpaired) electrons. The van der Waals surface area contributed by atoms with Crippen LogP contribution in [-0.4, -0.2) is 25.4 Å². The molecule has 94 valence electrons. The van der Waals surface area contributed by atoms with Crippen LogP contribution < -0.4 is 0 Å². The smallest absolute Gasteiger partial charge is 0.0895 e. The van der Waals surface area contributed by atoms with E-state index in [2.05, 4.69) is 34.6 Å². The highest BCUT2D eigenvalue weighted by Crippen LogP contribution is 2.46. The molecular weight excluding hydrogens is 200 g/mol. The van der Waals surface area contributed by atoms with Gasteiger partial charge in [0.15, 0.2) is 0 Å². The molecule has 0 saturated carbocycles. The molecule has 2 heteroatoms. The fourth-order valence-corrected chi connectivity index (χ4v) is 2.99. The lowest BCUT2D eigenvalue weighted by Crippen LogP contribution is -2.38. The molecule has 16 heavy (non-hydrogen) atoms. The molecule has 0 aliphatic carbocycles. The summed E-state index contributed by atoms with van der Waals surface area (Å²) < 4.78 is 12.0. The average molecular weight is 226 g/mol. The molecule has 2 rings (SSSR count). The third-order valence-electron chi connectivity index (χ3n) is 5.12. The summed E-state index contributed by atoms with van der Waals surface area (Å²) in [6.07, 6.45) is 1.89. The first-order chi connectivity index (χ1) is 7.48. The Hall–Kier alpha value is -0.0800. The fraction of sp³-hybridized carbons (Fsp3) is 1.00. The van der Waals surface area contributed by atoms with Gasteiger partial charge in [-0.25, -0.2) is 0 Å². The second-order valence-electron chi connectivity index (χ2n) is 6.35. The molecule has 0 spiro atoms. The van der Waals surface area contributed by atoms with Gasteiger partial charge in [0.1, 0.15) is 0 Å². The molecule has 2 saturated heterocycles. The molecule has 4 atom stereocenters. The van der Waals surface area contributed by atoms with Gasteiger partial charge in [-0.1, -0.05) is 34.6 Å². The maximum Gasteiger partial charge on any atom is 0.0895 e. The van der Waals surface area contributed by atoms with E-state index in [9.17, 15) is 0 Å². The summed E-state index contributed by atoms with van der Waals surface area (Å²) in [6, 6.07) is 0. The Morgan fingerprint density at radius 2 is 1.75 bits per heavy atom. The molecule has 0 aromatic carbocycles. The topological polar surface area (TPSA) is 18.5 Å². The van der Waals surface area contributed by atoms with Crippen LogP contribution in [-0.2, 0) is 9.47 Å². The molecule has 2 aliphatic rings. The second-order valence-corrected chi connectivity index (χ2v) is 6.35. The van der Waals surface area contributed by atoms with Crippen molar-refractivity contribution in [3.63, 3.8) is 0 Å². The third kappa shape index (κ3) is 1.80. The molecule has 0 aromatic heterocycles. The van der Waals surface area contributed by atoms with Crippen LogP contribution in [0.1, 0.15) is 41.0 Å². The van der Waals surface area contributed by atoms with Crippen molar-refractivity contribution in [1.82, 2.24) is 0 Å². The Balaban J connectivity index is 2.10. The summed E-state index contributed by atoms with van der Waals surface area (Å²) in [5.41, 5.74) is 0.308. The lowest BCUT2D eigenvalue weighted by Gasteiger charge is -2.37. The molecule has 0 N–H and O–H groups in total. The van der Waals surface area contributed by atoms with E-state index in [0.29, 0.717) is 35.4 Å².